The van der Waals surface area contributed by atoms with E-state index >= 15 is 0 Å². The average Bonchev–Trinajstić information content (AvgIpc) is 2.03. The second kappa shape index (κ2) is 4.95. The topological polar surface area (TPSA) is 9.23 Å². The van der Waals surface area contributed by atoms with Crippen molar-refractivity contribution in [2.24, 2.45) is 0 Å². The summed E-state index contributed by atoms with van der Waals surface area (Å²) in [6.07, 6.45) is 6.62. The van der Waals surface area contributed by atoms with Crippen molar-refractivity contribution < 1.29 is 4.74 Å². The Morgan fingerprint density at radius 1 is 1.60 bits per heavy atom. The van der Waals surface area contributed by atoms with Crippen molar-refractivity contribution in [2.45, 2.75) is 12.5 Å². The Morgan fingerprint density at radius 3 is 3.10 bits per heavy atom. The van der Waals surface area contributed by atoms with Crippen LogP contribution in [-0.2, 0) is 4.74 Å². The lowest BCUT2D eigenvalue weighted by molar-refractivity contribution is 0.0936. The van der Waals surface area contributed by atoms with Gasteiger partial charge in [0.15, 0.2) is 0 Å². The lowest BCUT2D eigenvalue weighted by atomic mass is 10.3. The first-order chi connectivity index (χ1) is 4.93. The third kappa shape index (κ3) is 2.87. The second-order valence-corrected chi connectivity index (χ2v) is 4.66. The van der Waals surface area contributed by atoms with Crippen molar-refractivity contribution in [3.8, 4) is 12.3 Å². The molecule has 1 aliphatic heterocycles. The molecule has 0 aromatic carbocycles. The normalized spacial score (nSPS) is 25.7. The molecule has 0 bridgehead atoms. The maximum atomic E-state index is 5.36. The number of hydrogen-bond acceptors (Lipinski definition) is 3. The zero-order chi connectivity index (χ0) is 7.23. The molecule has 0 N–H and O–H groups in total. The molecule has 0 aliphatic carbocycles. The first-order valence-electron chi connectivity index (χ1n) is 3.23. The molecule has 0 amide bonds. The molecule has 0 spiro atoms. The Morgan fingerprint density at radius 2 is 2.50 bits per heavy atom. The molecule has 0 unspecified atom stereocenters. The fourth-order valence-electron chi connectivity index (χ4n) is 0.743. The molecule has 0 radical (unpaired) electrons. The predicted octanol–water partition coefficient (Wildman–Crippen LogP) is 1.79. The summed E-state index contributed by atoms with van der Waals surface area (Å²) < 4.78 is 5.36. The zero-order valence-corrected chi connectivity index (χ0v) is 7.34. The van der Waals surface area contributed by atoms with Crippen LogP contribution in [0.3, 0.4) is 0 Å². The van der Waals surface area contributed by atoms with Gasteiger partial charge in [-0.15, -0.1) is 6.42 Å². The minimum atomic E-state index is 0.405. The zero-order valence-electron chi connectivity index (χ0n) is 5.71. The van der Waals surface area contributed by atoms with E-state index in [1.54, 1.807) is 0 Å². The summed E-state index contributed by atoms with van der Waals surface area (Å²) in [6, 6.07) is 0. The fourth-order valence-corrected chi connectivity index (χ4v) is 3.12. The van der Waals surface area contributed by atoms with Gasteiger partial charge in [-0.1, -0.05) is 27.5 Å². The van der Waals surface area contributed by atoms with Gasteiger partial charge in [-0.05, 0) is 6.42 Å². The number of hydrogen-bond donors (Lipinski definition) is 0. The van der Waals surface area contributed by atoms with Crippen LogP contribution in [0.5, 0.6) is 0 Å². The number of rotatable bonds is 2. The summed E-state index contributed by atoms with van der Waals surface area (Å²) in [7, 11) is 3.79. The minimum Gasteiger partial charge on any atom is -0.365 e. The van der Waals surface area contributed by atoms with E-state index in [-0.39, 0.29) is 0 Å². The standard InChI is InChI=1S/C7H10OS2/c1-2-4-8-7-3-5-9-10-6-7/h1,7H,3-6H2/t7-/m1/s1. The molecule has 1 nitrogen and oxygen atoms in total. The maximum Gasteiger partial charge on any atom is 0.107 e. The maximum absolute atomic E-state index is 5.36. The Hall–Kier alpha value is 0.220. The molecule has 0 aromatic heterocycles. The Labute approximate surface area is 69.7 Å². The van der Waals surface area contributed by atoms with E-state index in [1.807, 2.05) is 21.6 Å². The van der Waals surface area contributed by atoms with Gasteiger partial charge in [0.25, 0.3) is 0 Å². The summed E-state index contributed by atoms with van der Waals surface area (Å²) >= 11 is 0. The highest BCUT2D eigenvalue weighted by Crippen LogP contribution is 2.30. The summed E-state index contributed by atoms with van der Waals surface area (Å²) in [5, 5.41) is 0. The fraction of sp³-hybridized carbons (Fsp3) is 0.714. The average molecular weight is 174 g/mol. The van der Waals surface area contributed by atoms with Crippen LogP contribution in [0, 0.1) is 12.3 Å². The summed E-state index contributed by atoms with van der Waals surface area (Å²) in [5.74, 6) is 4.76. The third-order valence-electron chi connectivity index (χ3n) is 1.26. The third-order valence-corrected chi connectivity index (χ3v) is 3.75. The van der Waals surface area contributed by atoms with E-state index in [0.717, 1.165) is 12.2 Å². The van der Waals surface area contributed by atoms with E-state index < -0.39 is 0 Å². The van der Waals surface area contributed by atoms with Gasteiger partial charge in [0.2, 0.25) is 0 Å². The molecular weight excluding hydrogens is 164 g/mol. The molecule has 1 aliphatic rings. The van der Waals surface area contributed by atoms with Gasteiger partial charge in [0, 0.05) is 11.5 Å². The van der Waals surface area contributed by atoms with Crippen LogP contribution in [0.15, 0.2) is 0 Å². The van der Waals surface area contributed by atoms with Crippen molar-refractivity contribution in [2.75, 3.05) is 18.1 Å². The van der Waals surface area contributed by atoms with Crippen LogP contribution < -0.4 is 0 Å². The molecule has 0 saturated carbocycles. The van der Waals surface area contributed by atoms with Crippen molar-refractivity contribution in [1.29, 1.82) is 0 Å². The van der Waals surface area contributed by atoms with Crippen LogP contribution in [-0.4, -0.2) is 24.2 Å². The van der Waals surface area contributed by atoms with Gasteiger partial charge in [-0.2, -0.15) is 0 Å². The van der Waals surface area contributed by atoms with Crippen LogP contribution in [0.2, 0.25) is 0 Å². The summed E-state index contributed by atoms with van der Waals surface area (Å²) in [6.45, 7) is 0.468. The lowest BCUT2D eigenvalue weighted by Gasteiger charge is -2.19. The van der Waals surface area contributed by atoms with Gasteiger partial charge in [0.05, 0.1) is 6.10 Å². The van der Waals surface area contributed by atoms with Gasteiger partial charge < -0.3 is 4.74 Å². The highest BCUT2D eigenvalue weighted by molar-refractivity contribution is 8.76. The Bertz CT molecular complexity index is 124. The van der Waals surface area contributed by atoms with Crippen molar-refractivity contribution >= 4 is 21.6 Å². The van der Waals surface area contributed by atoms with Crippen LogP contribution in [0.1, 0.15) is 6.42 Å². The van der Waals surface area contributed by atoms with E-state index in [4.69, 9.17) is 11.2 Å². The van der Waals surface area contributed by atoms with E-state index in [9.17, 15) is 0 Å². The Kier molecular flexibility index (Phi) is 4.12. The monoisotopic (exact) mass is 174 g/mol. The predicted molar refractivity (Wildman–Crippen MR) is 48.1 cm³/mol. The molecule has 1 atom stereocenters. The quantitative estimate of drug-likeness (QED) is 0.466. The van der Waals surface area contributed by atoms with Gasteiger partial charge in [-0.3, -0.25) is 0 Å². The Balaban J connectivity index is 2.09. The van der Waals surface area contributed by atoms with Crippen molar-refractivity contribution in [3.05, 3.63) is 0 Å². The molecule has 1 rings (SSSR count). The van der Waals surface area contributed by atoms with E-state index in [2.05, 4.69) is 5.92 Å². The van der Waals surface area contributed by atoms with Gasteiger partial charge >= 0.3 is 0 Å². The smallest absolute Gasteiger partial charge is 0.107 e. The molecule has 3 heteroatoms. The molecule has 1 fully saturated rings. The summed E-state index contributed by atoms with van der Waals surface area (Å²) in [4.78, 5) is 0. The molecular formula is C7H10OS2. The largest absolute Gasteiger partial charge is 0.365 e. The summed E-state index contributed by atoms with van der Waals surface area (Å²) in [5.41, 5.74) is 0. The van der Waals surface area contributed by atoms with E-state index in [0.29, 0.717) is 12.7 Å². The van der Waals surface area contributed by atoms with Gasteiger partial charge in [-0.25, -0.2) is 0 Å². The SMILES string of the molecule is C#CCO[C@@H]1CCSSC1. The first-order valence-corrected chi connectivity index (χ1v) is 5.72. The first kappa shape index (κ1) is 8.32. The van der Waals surface area contributed by atoms with Crippen molar-refractivity contribution in [1.82, 2.24) is 0 Å². The molecule has 1 saturated heterocycles. The molecule has 0 aromatic rings. The second-order valence-electron chi connectivity index (χ2n) is 2.03. The van der Waals surface area contributed by atoms with E-state index in [1.165, 1.54) is 5.75 Å². The van der Waals surface area contributed by atoms with Crippen molar-refractivity contribution in [3.63, 3.8) is 0 Å². The number of ether oxygens (including phenoxy) is 1. The lowest BCUT2D eigenvalue weighted by Crippen LogP contribution is -2.19. The van der Waals surface area contributed by atoms with Crippen LogP contribution >= 0.6 is 21.6 Å². The molecule has 10 heavy (non-hydrogen) atoms. The molecule has 56 valence electrons. The highest BCUT2D eigenvalue weighted by atomic mass is 33.1. The number of terminal acetylenes is 1. The van der Waals surface area contributed by atoms with Crippen LogP contribution in [0.4, 0.5) is 0 Å². The molecule has 1 heterocycles. The minimum absolute atomic E-state index is 0.405. The van der Waals surface area contributed by atoms with Gasteiger partial charge in [0.1, 0.15) is 6.61 Å². The van der Waals surface area contributed by atoms with Crippen LogP contribution in [0.25, 0.3) is 0 Å². The highest BCUT2D eigenvalue weighted by Gasteiger charge is 2.13.